The molecule has 4 aromatic heterocycles. The fraction of sp³-hybridized carbons (Fsp3) is 0.163. The van der Waals surface area contributed by atoms with Crippen LogP contribution >= 0.6 is 0 Å². The predicted molar refractivity (Wildman–Crippen MR) is 221 cm³/mol. The second kappa shape index (κ2) is 14.3. The molecule has 0 aliphatic heterocycles. The SMILES string of the molecule is CC(C)(C)c1cccc(-[n+]2[c-]n(-c3[c-]c(Oc4[c-]c5c(cc4)c4cc(-c6ccccc6)ccc4n5-c4cc(C(C)(C)C)ccn4)ccn3)c3ccccc32)c1.[Pt]. The third kappa shape index (κ3) is 6.84. The molecule has 9 aromatic rings. The fourth-order valence-corrected chi connectivity index (χ4v) is 7.21. The summed E-state index contributed by atoms with van der Waals surface area (Å²) in [7, 11) is 0. The maximum Gasteiger partial charge on any atom is 0.269 e. The molecule has 0 atom stereocenters. The van der Waals surface area contributed by atoms with Gasteiger partial charge in [0, 0.05) is 38.5 Å². The summed E-state index contributed by atoms with van der Waals surface area (Å²) in [6.45, 7) is 13.4. The first-order chi connectivity index (χ1) is 26.5. The Balaban J connectivity index is 0.00000441. The number of ether oxygens (including phenoxy) is 1. The minimum Gasteiger partial charge on any atom is -0.522 e. The van der Waals surface area contributed by atoms with Crippen molar-refractivity contribution in [1.29, 1.82) is 0 Å². The molecule has 9 rings (SSSR count). The van der Waals surface area contributed by atoms with Crippen LogP contribution in [0.1, 0.15) is 52.7 Å². The third-order valence-corrected chi connectivity index (χ3v) is 10.2. The van der Waals surface area contributed by atoms with Crippen LogP contribution in [-0.4, -0.2) is 19.1 Å². The van der Waals surface area contributed by atoms with Gasteiger partial charge in [-0.05, 0) is 74.6 Å². The van der Waals surface area contributed by atoms with Crippen LogP contribution in [0.3, 0.4) is 0 Å². The van der Waals surface area contributed by atoms with Gasteiger partial charge in [-0.2, -0.15) is 18.2 Å². The van der Waals surface area contributed by atoms with E-state index in [0.717, 1.165) is 49.9 Å². The average molecular weight is 911 g/mol. The molecule has 0 N–H and O–H groups in total. The first kappa shape index (κ1) is 37.1. The van der Waals surface area contributed by atoms with E-state index < -0.39 is 0 Å². The molecular weight excluding hydrogens is 870 g/mol. The molecule has 0 amide bonds. The molecule has 4 heterocycles. The van der Waals surface area contributed by atoms with Gasteiger partial charge >= 0.3 is 0 Å². The topological polar surface area (TPSA) is 48.8 Å². The number of imidazole rings is 1. The molecule has 0 aliphatic carbocycles. The van der Waals surface area contributed by atoms with Gasteiger partial charge < -0.3 is 9.30 Å². The zero-order chi connectivity index (χ0) is 37.9. The van der Waals surface area contributed by atoms with Gasteiger partial charge in [0.05, 0.1) is 22.5 Å². The van der Waals surface area contributed by atoms with Crippen LogP contribution in [0.25, 0.3) is 61.3 Å². The molecule has 6 nitrogen and oxygen atoms in total. The molecule has 0 saturated heterocycles. The van der Waals surface area contributed by atoms with Crippen molar-refractivity contribution in [2.45, 2.75) is 52.4 Å². The van der Waals surface area contributed by atoms with Gasteiger partial charge in [0.1, 0.15) is 5.82 Å². The van der Waals surface area contributed by atoms with Crippen molar-refractivity contribution in [2.24, 2.45) is 0 Å². The second-order valence-corrected chi connectivity index (χ2v) is 16.1. The van der Waals surface area contributed by atoms with Crippen molar-refractivity contribution in [3.63, 3.8) is 0 Å². The van der Waals surface area contributed by atoms with Gasteiger partial charge in [-0.3, -0.25) is 14.1 Å². The van der Waals surface area contributed by atoms with E-state index in [4.69, 9.17) is 14.7 Å². The van der Waals surface area contributed by atoms with E-state index in [1.165, 1.54) is 16.7 Å². The number of para-hydroxylation sites is 2. The Morgan fingerprint density at radius 3 is 2.12 bits per heavy atom. The van der Waals surface area contributed by atoms with E-state index in [-0.39, 0.29) is 31.9 Å². The Bertz CT molecular complexity index is 2880. The number of fused-ring (bicyclic) bond motifs is 4. The monoisotopic (exact) mass is 910 g/mol. The maximum atomic E-state index is 6.54. The molecule has 7 heteroatoms. The van der Waals surface area contributed by atoms with E-state index in [0.29, 0.717) is 17.3 Å². The van der Waals surface area contributed by atoms with Gasteiger partial charge in [-0.15, -0.1) is 17.5 Å². The summed E-state index contributed by atoms with van der Waals surface area (Å²) in [5, 5.41) is 2.19. The second-order valence-electron chi connectivity index (χ2n) is 16.1. The summed E-state index contributed by atoms with van der Waals surface area (Å²) in [6.07, 6.45) is 7.20. The summed E-state index contributed by atoms with van der Waals surface area (Å²) in [5.74, 6) is 2.50. The van der Waals surface area contributed by atoms with Crippen molar-refractivity contribution in [1.82, 2.24) is 19.1 Å². The molecule has 0 radical (unpaired) electrons. The van der Waals surface area contributed by atoms with Gasteiger partial charge in [0.2, 0.25) is 0 Å². The van der Waals surface area contributed by atoms with Crippen LogP contribution in [0.15, 0.2) is 140 Å². The molecule has 0 fully saturated rings. The largest absolute Gasteiger partial charge is 0.522 e. The molecule has 280 valence electrons. The summed E-state index contributed by atoms with van der Waals surface area (Å²) in [5.41, 5.74) is 9.70. The van der Waals surface area contributed by atoms with Crippen molar-refractivity contribution in [2.75, 3.05) is 0 Å². The molecule has 0 saturated carbocycles. The molecule has 0 unspecified atom stereocenters. The molecular formula is C49H41N5OPt-2. The number of benzene rings is 5. The van der Waals surface area contributed by atoms with E-state index in [1.807, 2.05) is 41.1 Å². The third-order valence-electron chi connectivity index (χ3n) is 10.2. The number of hydrogen-bond acceptors (Lipinski definition) is 3. The molecule has 56 heavy (non-hydrogen) atoms. The van der Waals surface area contributed by atoms with Crippen LogP contribution in [0.2, 0.25) is 0 Å². The van der Waals surface area contributed by atoms with E-state index >= 15 is 0 Å². The van der Waals surface area contributed by atoms with Crippen molar-refractivity contribution in [3.05, 3.63) is 169 Å². The van der Waals surface area contributed by atoms with Gasteiger partial charge in [0.15, 0.2) is 0 Å². The fourth-order valence-electron chi connectivity index (χ4n) is 7.21. The molecule has 5 aromatic carbocycles. The summed E-state index contributed by atoms with van der Waals surface area (Å²) in [4.78, 5) is 9.60. The number of rotatable bonds is 6. The normalized spacial score (nSPS) is 12.0. The van der Waals surface area contributed by atoms with Gasteiger partial charge in [-0.1, -0.05) is 132 Å². The van der Waals surface area contributed by atoms with E-state index in [1.54, 1.807) is 6.20 Å². The first-order valence-electron chi connectivity index (χ1n) is 18.7. The standard InChI is InChI=1S/C49H41N5O.Pt/c1-48(2,3)35-15-12-16-37(28-35)52-32-53(44-18-11-10-17-43(44)52)46-31-39(24-26-50-46)55-38-20-21-40-41-27-34(33-13-8-7-9-14-33)19-22-42(41)54(45(40)30-38)47-29-36(23-25-51-47)49(4,5)6;/h7-29H,1-6H3;/q-2;. The minimum absolute atomic E-state index is 0. The zero-order valence-electron chi connectivity index (χ0n) is 32.2. The smallest absolute Gasteiger partial charge is 0.269 e. The van der Waals surface area contributed by atoms with Crippen LogP contribution in [0, 0.1) is 18.5 Å². The Morgan fingerprint density at radius 1 is 0.589 bits per heavy atom. The summed E-state index contributed by atoms with van der Waals surface area (Å²) in [6, 6.07) is 51.2. The summed E-state index contributed by atoms with van der Waals surface area (Å²) >= 11 is 0. The van der Waals surface area contributed by atoms with Crippen molar-refractivity contribution < 1.29 is 30.4 Å². The number of pyridine rings is 2. The van der Waals surface area contributed by atoms with Crippen LogP contribution in [0.5, 0.6) is 11.5 Å². The average Bonchev–Trinajstić information content (AvgIpc) is 3.74. The van der Waals surface area contributed by atoms with Crippen LogP contribution in [-0.2, 0) is 31.9 Å². The minimum atomic E-state index is -0.0397. The number of hydrogen-bond donors (Lipinski definition) is 0. The van der Waals surface area contributed by atoms with Gasteiger partial charge in [-0.25, -0.2) is 4.98 Å². The van der Waals surface area contributed by atoms with Crippen molar-refractivity contribution >= 4 is 32.8 Å². The van der Waals surface area contributed by atoms with Crippen LogP contribution < -0.4 is 9.30 Å². The predicted octanol–water partition coefficient (Wildman–Crippen LogP) is 11.2. The van der Waals surface area contributed by atoms with Crippen LogP contribution in [0.4, 0.5) is 0 Å². The molecule has 0 aliphatic rings. The summed E-state index contributed by atoms with van der Waals surface area (Å²) < 4.78 is 12.8. The van der Waals surface area contributed by atoms with E-state index in [2.05, 4.69) is 166 Å². The number of nitrogens with zero attached hydrogens (tertiary/aromatic N) is 5. The van der Waals surface area contributed by atoms with Gasteiger partial charge in [0.25, 0.3) is 6.33 Å². The maximum absolute atomic E-state index is 6.54. The quantitative estimate of drug-likeness (QED) is 0.123. The first-order valence-corrected chi connectivity index (χ1v) is 18.7. The molecule has 0 bridgehead atoms. The molecule has 0 spiro atoms. The Labute approximate surface area is 342 Å². The zero-order valence-corrected chi connectivity index (χ0v) is 34.5. The number of aromatic nitrogens is 5. The Morgan fingerprint density at radius 2 is 1.32 bits per heavy atom. The van der Waals surface area contributed by atoms with E-state index in [9.17, 15) is 0 Å². The Kier molecular flexibility index (Phi) is 9.50. The van der Waals surface area contributed by atoms with Crippen molar-refractivity contribution in [3.8, 4) is 39.9 Å². The Hall–Kier alpha value is -5.84.